The molecule has 8 heavy (non-hydrogen) atoms. The first-order chi connectivity index (χ1) is 3.77. The van der Waals surface area contributed by atoms with Crippen LogP contribution in [-0.4, -0.2) is 11.8 Å². The summed E-state index contributed by atoms with van der Waals surface area (Å²) in [6.45, 7) is 7.68. The molecule has 0 spiro atoms. The minimum atomic E-state index is 0.710. The monoisotopic (exact) mass is 133 g/mol. The highest BCUT2D eigenvalue weighted by atomic mass is 32.2. The van der Waals surface area contributed by atoms with E-state index in [0.29, 0.717) is 5.25 Å². The summed E-state index contributed by atoms with van der Waals surface area (Å²) in [7, 11) is 0. The number of hydrogen-bond donors (Lipinski definition) is 1. The third-order valence-corrected chi connectivity index (χ3v) is 1.51. The molecule has 0 saturated heterocycles. The molecule has 0 heterocycles. The SMILES string of the molecule is CCCNSC(C)C. The number of rotatable bonds is 4. The van der Waals surface area contributed by atoms with E-state index in [2.05, 4.69) is 25.5 Å². The molecule has 0 radical (unpaired) electrons. The smallest absolute Gasteiger partial charge is 0.0136 e. The van der Waals surface area contributed by atoms with Gasteiger partial charge in [-0.3, -0.25) is 4.72 Å². The molecular weight excluding hydrogens is 118 g/mol. The van der Waals surface area contributed by atoms with E-state index in [1.54, 1.807) is 11.9 Å². The minimum absolute atomic E-state index is 0.710. The van der Waals surface area contributed by atoms with Crippen molar-refractivity contribution in [3.63, 3.8) is 0 Å². The second kappa shape index (κ2) is 5.45. The van der Waals surface area contributed by atoms with E-state index in [0.717, 1.165) is 6.54 Å². The molecule has 1 nitrogen and oxygen atoms in total. The van der Waals surface area contributed by atoms with E-state index in [1.165, 1.54) is 6.42 Å². The topological polar surface area (TPSA) is 12.0 Å². The van der Waals surface area contributed by atoms with Crippen molar-refractivity contribution in [2.24, 2.45) is 0 Å². The lowest BCUT2D eigenvalue weighted by Gasteiger charge is -2.03. The molecule has 0 atom stereocenters. The number of hydrogen-bond acceptors (Lipinski definition) is 2. The molecule has 50 valence electrons. The largest absolute Gasteiger partial charge is 0.264 e. The first-order valence-corrected chi connectivity index (χ1v) is 4.03. The van der Waals surface area contributed by atoms with Crippen LogP contribution in [0.4, 0.5) is 0 Å². The van der Waals surface area contributed by atoms with Crippen LogP contribution in [0.5, 0.6) is 0 Å². The first kappa shape index (κ1) is 8.31. The summed E-state index contributed by atoms with van der Waals surface area (Å²) in [5.74, 6) is 0. The van der Waals surface area contributed by atoms with Gasteiger partial charge in [0, 0.05) is 11.8 Å². The maximum absolute atomic E-state index is 3.25. The Kier molecular flexibility index (Phi) is 5.66. The van der Waals surface area contributed by atoms with Crippen LogP contribution in [-0.2, 0) is 0 Å². The predicted molar refractivity (Wildman–Crippen MR) is 41.0 cm³/mol. The van der Waals surface area contributed by atoms with Gasteiger partial charge in [0.25, 0.3) is 0 Å². The van der Waals surface area contributed by atoms with Crippen LogP contribution in [0.1, 0.15) is 27.2 Å². The van der Waals surface area contributed by atoms with Crippen LogP contribution in [0.15, 0.2) is 0 Å². The van der Waals surface area contributed by atoms with Crippen molar-refractivity contribution in [2.75, 3.05) is 6.54 Å². The van der Waals surface area contributed by atoms with Crippen molar-refractivity contribution in [3.05, 3.63) is 0 Å². The van der Waals surface area contributed by atoms with Crippen LogP contribution in [0.25, 0.3) is 0 Å². The fourth-order valence-corrected chi connectivity index (χ4v) is 0.983. The van der Waals surface area contributed by atoms with Gasteiger partial charge in [-0.1, -0.05) is 32.7 Å². The van der Waals surface area contributed by atoms with Gasteiger partial charge in [0.05, 0.1) is 0 Å². The van der Waals surface area contributed by atoms with Crippen LogP contribution in [0.3, 0.4) is 0 Å². The summed E-state index contributed by atoms with van der Waals surface area (Å²) in [5, 5.41) is 0.710. The van der Waals surface area contributed by atoms with E-state index in [1.807, 2.05) is 0 Å². The Labute approximate surface area is 56.4 Å². The molecule has 2 heteroatoms. The van der Waals surface area contributed by atoms with Gasteiger partial charge in [-0.25, -0.2) is 0 Å². The van der Waals surface area contributed by atoms with E-state index in [4.69, 9.17) is 0 Å². The van der Waals surface area contributed by atoms with Crippen molar-refractivity contribution >= 4 is 11.9 Å². The van der Waals surface area contributed by atoms with Gasteiger partial charge in [0.1, 0.15) is 0 Å². The van der Waals surface area contributed by atoms with Gasteiger partial charge in [0.15, 0.2) is 0 Å². The molecule has 0 aromatic rings. The van der Waals surface area contributed by atoms with Gasteiger partial charge in [-0.2, -0.15) is 0 Å². The molecule has 0 aliphatic rings. The van der Waals surface area contributed by atoms with E-state index < -0.39 is 0 Å². The van der Waals surface area contributed by atoms with Crippen LogP contribution < -0.4 is 4.72 Å². The fourth-order valence-electron chi connectivity index (χ4n) is 0.328. The van der Waals surface area contributed by atoms with Crippen molar-refractivity contribution in [1.29, 1.82) is 0 Å². The van der Waals surface area contributed by atoms with E-state index in [-0.39, 0.29) is 0 Å². The second-order valence-corrected chi connectivity index (χ2v) is 3.53. The van der Waals surface area contributed by atoms with Crippen LogP contribution in [0, 0.1) is 0 Å². The van der Waals surface area contributed by atoms with Gasteiger partial charge >= 0.3 is 0 Å². The molecule has 0 aliphatic carbocycles. The van der Waals surface area contributed by atoms with Crippen LogP contribution >= 0.6 is 11.9 Å². The highest BCUT2D eigenvalue weighted by Crippen LogP contribution is 2.01. The quantitative estimate of drug-likeness (QED) is 0.465. The Morgan fingerprint density at radius 2 is 2.12 bits per heavy atom. The summed E-state index contributed by atoms with van der Waals surface area (Å²) in [4.78, 5) is 0. The first-order valence-electron chi connectivity index (χ1n) is 3.16. The molecule has 0 aromatic heterocycles. The molecule has 0 rings (SSSR count). The summed E-state index contributed by atoms with van der Waals surface area (Å²) < 4.78 is 3.25. The maximum Gasteiger partial charge on any atom is 0.0136 e. The molecule has 0 aromatic carbocycles. The molecule has 0 bridgehead atoms. The highest BCUT2D eigenvalue weighted by molar-refractivity contribution is 7.97. The summed E-state index contributed by atoms with van der Waals surface area (Å²) >= 11 is 1.81. The molecule has 1 N–H and O–H groups in total. The lowest BCUT2D eigenvalue weighted by Crippen LogP contribution is -2.07. The summed E-state index contributed by atoms with van der Waals surface area (Å²) in [5.41, 5.74) is 0. The van der Waals surface area contributed by atoms with E-state index in [9.17, 15) is 0 Å². The van der Waals surface area contributed by atoms with Crippen molar-refractivity contribution in [2.45, 2.75) is 32.4 Å². The van der Waals surface area contributed by atoms with E-state index >= 15 is 0 Å². The standard InChI is InChI=1S/C6H15NS/c1-4-5-7-8-6(2)3/h6-7H,4-5H2,1-3H3. The fraction of sp³-hybridized carbons (Fsp3) is 1.00. The van der Waals surface area contributed by atoms with Crippen molar-refractivity contribution in [3.8, 4) is 0 Å². The molecule has 0 fully saturated rings. The third kappa shape index (κ3) is 6.31. The zero-order chi connectivity index (χ0) is 6.41. The Balaban J connectivity index is 2.72. The predicted octanol–water partition coefficient (Wildman–Crippen LogP) is 2.04. The van der Waals surface area contributed by atoms with Crippen molar-refractivity contribution < 1.29 is 0 Å². The summed E-state index contributed by atoms with van der Waals surface area (Å²) in [6.07, 6.45) is 1.22. The third-order valence-electron chi connectivity index (χ3n) is 0.671. The molecule has 0 aliphatic heterocycles. The Morgan fingerprint density at radius 1 is 1.50 bits per heavy atom. The average molecular weight is 133 g/mol. The second-order valence-electron chi connectivity index (χ2n) is 2.06. The zero-order valence-electron chi connectivity index (χ0n) is 5.90. The van der Waals surface area contributed by atoms with Gasteiger partial charge in [0.2, 0.25) is 0 Å². The Hall–Kier alpha value is 0.310. The normalized spacial score (nSPS) is 10.5. The van der Waals surface area contributed by atoms with Gasteiger partial charge in [-0.05, 0) is 6.42 Å². The summed E-state index contributed by atoms with van der Waals surface area (Å²) in [6, 6.07) is 0. The molecular formula is C6H15NS. The minimum Gasteiger partial charge on any atom is -0.264 e. The average Bonchev–Trinajstić information content (AvgIpc) is 1.66. The molecule has 0 amide bonds. The number of nitrogens with one attached hydrogen (secondary N) is 1. The molecule has 0 unspecified atom stereocenters. The Morgan fingerprint density at radius 3 is 2.50 bits per heavy atom. The van der Waals surface area contributed by atoms with Gasteiger partial charge < -0.3 is 0 Å². The maximum atomic E-state index is 3.25. The van der Waals surface area contributed by atoms with Crippen LogP contribution in [0.2, 0.25) is 0 Å². The molecule has 0 saturated carbocycles. The zero-order valence-corrected chi connectivity index (χ0v) is 6.72. The Bertz CT molecular complexity index is 45.8. The van der Waals surface area contributed by atoms with Crippen molar-refractivity contribution in [1.82, 2.24) is 4.72 Å². The highest BCUT2D eigenvalue weighted by Gasteiger charge is 1.89. The lowest BCUT2D eigenvalue weighted by molar-refractivity contribution is 0.871. The lowest BCUT2D eigenvalue weighted by atomic mass is 10.5. The van der Waals surface area contributed by atoms with Gasteiger partial charge in [-0.15, -0.1) is 0 Å².